The summed E-state index contributed by atoms with van der Waals surface area (Å²) in [6.45, 7) is 5.53. The molecule has 1 unspecified atom stereocenters. The van der Waals surface area contributed by atoms with Crippen LogP contribution in [-0.4, -0.2) is 30.3 Å². The normalized spacial score (nSPS) is 23.5. The van der Waals surface area contributed by atoms with Gasteiger partial charge in [-0.3, -0.25) is 9.69 Å². The number of hydrogen-bond donors (Lipinski definition) is 0. The van der Waals surface area contributed by atoms with Crippen LogP contribution in [0.4, 0.5) is 0 Å². The van der Waals surface area contributed by atoms with E-state index in [0.717, 1.165) is 31.7 Å². The average Bonchev–Trinajstić information content (AvgIpc) is 2.15. The van der Waals surface area contributed by atoms with Crippen molar-refractivity contribution in [1.29, 1.82) is 0 Å². The maximum atomic E-state index is 11.6. The molecule has 0 bridgehead atoms. The molecular formula is C12H23NO. The van der Waals surface area contributed by atoms with Gasteiger partial charge in [0.1, 0.15) is 5.78 Å². The number of likely N-dealkylation sites (N-methyl/N-ethyl adjacent to an activating group) is 1. The molecule has 1 rings (SSSR count). The standard InChI is InChI=1S/C12H23NO/c1-10(2)8-9-13(3)11-6-4-5-7-12(11)14/h10-11H,4-9H2,1-3H3. The maximum Gasteiger partial charge on any atom is 0.149 e. The third kappa shape index (κ3) is 3.41. The van der Waals surface area contributed by atoms with Crippen molar-refractivity contribution < 1.29 is 4.79 Å². The molecular weight excluding hydrogens is 174 g/mol. The third-order valence-corrected chi connectivity index (χ3v) is 3.11. The van der Waals surface area contributed by atoms with Crippen LogP contribution in [0, 0.1) is 5.92 Å². The fraction of sp³-hybridized carbons (Fsp3) is 0.917. The van der Waals surface area contributed by atoms with Gasteiger partial charge in [-0.15, -0.1) is 0 Å². The topological polar surface area (TPSA) is 20.3 Å². The van der Waals surface area contributed by atoms with Crippen molar-refractivity contribution in [1.82, 2.24) is 4.90 Å². The molecule has 0 N–H and O–H groups in total. The van der Waals surface area contributed by atoms with Gasteiger partial charge in [0.25, 0.3) is 0 Å². The summed E-state index contributed by atoms with van der Waals surface area (Å²) in [5, 5.41) is 0. The number of Topliss-reactive ketones (excluding diaryl/α,β-unsaturated/α-hetero) is 1. The van der Waals surface area contributed by atoms with Crippen LogP contribution in [0.15, 0.2) is 0 Å². The van der Waals surface area contributed by atoms with E-state index >= 15 is 0 Å². The van der Waals surface area contributed by atoms with E-state index in [9.17, 15) is 4.79 Å². The predicted molar refractivity (Wildman–Crippen MR) is 59.3 cm³/mol. The van der Waals surface area contributed by atoms with E-state index < -0.39 is 0 Å². The molecule has 2 nitrogen and oxygen atoms in total. The Morgan fingerprint density at radius 1 is 1.43 bits per heavy atom. The summed E-state index contributed by atoms with van der Waals surface area (Å²) in [4.78, 5) is 13.9. The first-order valence-corrected chi connectivity index (χ1v) is 5.84. The van der Waals surface area contributed by atoms with E-state index in [0.29, 0.717) is 5.78 Å². The van der Waals surface area contributed by atoms with E-state index in [4.69, 9.17) is 0 Å². The number of carbonyl (C=O) groups excluding carboxylic acids is 1. The first kappa shape index (κ1) is 11.7. The van der Waals surface area contributed by atoms with Crippen LogP contribution < -0.4 is 0 Å². The summed E-state index contributed by atoms with van der Waals surface area (Å²) in [6, 6.07) is 0.225. The molecule has 1 aliphatic rings. The highest BCUT2D eigenvalue weighted by Crippen LogP contribution is 2.19. The molecule has 14 heavy (non-hydrogen) atoms. The van der Waals surface area contributed by atoms with Gasteiger partial charge in [-0.2, -0.15) is 0 Å². The highest BCUT2D eigenvalue weighted by molar-refractivity contribution is 5.84. The van der Waals surface area contributed by atoms with Crippen molar-refractivity contribution in [2.24, 2.45) is 5.92 Å². The van der Waals surface area contributed by atoms with Gasteiger partial charge in [-0.25, -0.2) is 0 Å². The second kappa shape index (κ2) is 5.50. The first-order valence-electron chi connectivity index (χ1n) is 5.84. The smallest absolute Gasteiger partial charge is 0.149 e. The highest BCUT2D eigenvalue weighted by atomic mass is 16.1. The SMILES string of the molecule is CC(C)CCN(C)C1CCCCC1=O. The van der Waals surface area contributed by atoms with Crippen LogP contribution in [-0.2, 0) is 4.79 Å². The monoisotopic (exact) mass is 197 g/mol. The Morgan fingerprint density at radius 2 is 2.14 bits per heavy atom. The Hall–Kier alpha value is -0.370. The number of nitrogens with zero attached hydrogens (tertiary/aromatic N) is 1. The summed E-state index contributed by atoms with van der Waals surface area (Å²) in [7, 11) is 2.09. The van der Waals surface area contributed by atoms with Crippen LogP contribution >= 0.6 is 0 Å². The molecule has 1 atom stereocenters. The van der Waals surface area contributed by atoms with Crippen LogP contribution in [0.25, 0.3) is 0 Å². The Bertz CT molecular complexity index is 189. The fourth-order valence-corrected chi connectivity index (χ4v) is 2.05. The summed E-state index contributed by atoms with van der Waals surface area (Å²) in [6.07, 6.45) is 5.40. The van der Waals surface area contributed by atoms with Gasteiger partial charge in [0.15, 0.2) is 0 Å². The zero-order chi connectivity index (χ0) is 10.6. The van der Waals surface area contributed by atoms with E-state index in [1.807, 2.05) is 0 Å². The minimum atomic E-state index is 0.225. The van der Waals surface area contributed by atoms with Crippen molar-refractivity contribution in [3.63, 3.8) is 0 Å². The first-order chi connectivity index (χ1) is 6.61. The van der Waals surface area contributed by atoms with Crippen LogP contribution in [0.5, 0.6) is 0 Å². The van der Waals surface area contributed by atoms with Crippen molar-refractivity contribution in [2.75, 3.05) is 13.6 Å². The maximum absolute atomic E-state index is 11.6. The second-order valence-corrected chi connectivity index (χ2v) is 4.89. The predicted octanol–water partition coefficient (Wildman–Crippen LogP) is 2.48. The average molecular weight is 197 g/mol. The number of ketones is 1. The van der Waals surface area contributed by atoms with Gasteiger partial charge < -0.3 is 0 Å². The quantitative estimate of drug-likeness (QED) is 0.690. The van der Waals surface area contributed by atoms with Crippen LogP contribution in [0.2, 0.25) is 0 Å². The van der Waals surface area contributed by atoms with Crippen molar-refractivity contribution in [2.45, 2.75) is 52.0 Å². The van der Waals surface area contributed by atoms with E-state index in [-0.39, 0.29) is 6.04 Å². The molecule has 0 radical (unpaired) electrons. The lowest BCUT2D eigenvalue weighted by atomic mass is 9.93. The minimum Gasteiger partial charge on any atom is -0.298 e. The third-order valence-electron chi connectivity index (χ3n) is 3.11. The molecule has 0 aromatic rings. The fourth-order valence-electron chi connectivity index (χ4n) is 2.05. The molecule has 82 valence electrons. The van der Waals surface area contributed by atoms with Crippen LogP contribution in [0.3, 0.4) is 0 Å². The van der Waals surface area contributed by atoms with Crippen LogP contribution in [0.1, 0.15) is 46.0 Å². The molecule has 0 aromatic heterocycles. The van der Waals surface area contributed by atoms with E-state index in [1.165, 1.54) is 12.8 Å². The molecule has 1 fully saturated rings. The highest BCUT2D eigenvalue weighted by Gasteiger charge is 2.25. The lowest BCUT2D eigenvalue weighted by Gasteiger charge is -2.30. The Kier molecular flexibility index (Phi) is 4.59. The molecule has 0 saturated heterocycles. The second-order valence-electron chi connectivity index (χ2n) is 4.89. The zero-order valence-corrected chi connectivity index (χ0v) is 9.75. The molecule has 2 heteroatoms. The lowest BCUT2D eigenvalue weighted by molar-refractivity contribution is -0.125. The Labute approximate surface area is 87.7 Å². The molecule has 1 aliphatic carbocycles. The number of rotatable bonds is 4. The molecule has 1 saturated carbocycles. The van der Waals surface area contributed by atoms with E-state index in [2.05, 4.69) is 25.8 Å². The molecule has 0 spiro atoms. The molecule has 0 heterocycles. The van der Waals surface area contributed by atoms with Gasteiger partial charge in [-0.05, 0) is 38.8 Å². The molecule has 0 aliphatic heterocycles. The van der Waals surface area contributed by atoms with Gasteiger partial charge in [0.05, 0.1) is 6.04 Å². The number of hydrogen-bond acceptors (Lipinski definition) is 2. The number of carbonyl (C=O) groups is 1. The van der Waals surface area contributed by atoms with Crippen molar-refractivity contribution >= 4 is 5.78 Å². The van der Waals surface area contributed by atoms with Crippen molar-refractivity contribution in [3.8, 4) is 0 Å². The zero-order valence-electron chi connectivity index (χ0n) is 9.75. The van der Waals surface area contributed by atoms with Gasteiger partial charge in [0.2, 0.25) is 0 Å². The van der Waals surface area contributed by atoms with E-state index in [1.54, 1.807) is 0 Å². The van der Waals surface area contributed by atoms with Crippen molar-refractivity contribution in [3.05, 3.63) is 0 Å². The molecule has 0 aromatic carbocycles. The van der Waals surface area contributed by atoms with Gasteiger partial charge in [0, 0.05) is 6.42 Å². The van der Waals surface area contributed by atoms with Gasteiger partial charge in [-0.1, -0.05) is 20.3 Å². The summed E-state index contributed by atoms with van der Waals surface area (Å²) < 4.78 is 0. The molecule has 0 amide bonds. The summed E-state index contributed by atoms with van der Waals surface area (Å²) in [5.41, 5.74) is 0. The Morgan fingerprint density at radius 3 is 2.71 bits per heavy atom. The Balaban J connectivity index is 2.34. The summed E-state index contributed by atoms with van der Waals surface area (Å²) in [5.74, 6) is 1.19. The lowest BCUT2D eigenvalue weighted by Crippen LogP contribution is -2.41. The van der Waals surface area contributed by atoms with Gasteiger partial charge >= 0.3 is 0 Å². The minimum absolute atomic E-state index is 0.225. The largest absolute Gasteiger partial charge is 0.298 e. The summed E-state index contributed by atoms with van der Waals surface area (Å²) >= 11 is 0.